The first kappa shape index (κ1) is 14.2. The van der Waals surface area contributed by atoms with E-state index >= 15 is 0 Å². The fourth-order valence-electron chi connectivity index (χ4n) is 2.79. The molecule has 1 heteroatoms. The van der Waals surface area contributed by atoms with Crippen LogP contribution in [0.1, 0.15) is 54.0 Å². The maximum atomic E-state index is 5.78. The summed E-state index contributed by atoms with van der Waals surface area (Å²) in [7, 11) is 0. The van der Waals surface area contributed by atoms with Crippen molar-refractivity contribution in [1.29, 1.82) is 0 Å². The summed E-state index contributed by atoms with van der Waals surface area (Å²) in [6.45, 7) is 14.3. The van der Waals surface area contributed by atoms with Gasteiger partial charge >= 0.3 is 0 Å². The van der Waals surface area contributed by atoms with Crippen molar-refractivity contribution in [2.24, 2.45) is 11.7 Å². The van der Waals surface area contributed by atoms with E-state index in [-0.39, 0.29) is 0 Å². The Labute approximate surface area is 106 Å². The molecule has 0 aliphatic carbocycles. The van der Waals surface area contributed by atoms with E-state index in [9.17, 15) is 0 Å². The fraction of sp³-hybridized carbons (Fsp3) is 0.625. The molecule has 0 saturated carbocycles. The van der Waals surface area contributed by atoms with Gasteiger partial charge in [-0.25, -0.2) is 0 Å². The van der Waals surface area contributed by atoms with Crippen LogP contribution < -0.4 is 5.73 Å². The van der Waals surface area contributed by atoms with Crippen LogP contribution in [-0.2, 0) is 0 Å². The first-order valence-electron chi connectivity index (χ1n) is 6.67. The molecule has 17 heavy (non-hydrogen) atoms. The van der Waals surface area contributed by atoms with Crippen LogP contribution in [0.25, 0.3) is 0 Å². The van der Waals surface area contributed by atoms with Crippen molar-refractivity contribution in [3.05, 3.63) is 33.9 Å². The Balaban J connectivity index is 3.36. The monoisotopic (exact) mass is 233 g/mol. The van der Waals surface area contributed by atoms with E-state index in [1.807, 2.05) is 0 Å². The summed E-state index contributed by atoms with van der Waals surface area (Å²) >= 11 is 0. The van der Waals surface area contributed by atoms with Crippen molar-refractivity contribution in [3.8, 4) is 0 Å². The summed E-state index contributed by atoms with van der Waals surface area (Å²) in [4.78, 5) is 0. The SMILES string of the molecule is Cc1cc(C)c(C)c(C(CCN)C(C)C)c1C. The second-order valence-electron chi connectivity index (χ2n) is 5.60. The summed E-state index contributed by atoms with van der Waals surface area (Å²) in [5, 5.41) is 0. The van der Waals surface area contributed by atoms with E-state index in [2.05, 4.69) is 47.6 Å². The smallest absolute Gasteiger partial charge is 0.00713 e. The predicted octanol–water partition coefficient (Wildman–Crippen LogP) is 4.01. The van der Waals surface area contributed by atoms with E-state index in [0.717, 1.165) is 13.0 Å². The van der Waals surface area contributed by atoms with Gasteiger partial charge in [-0.3, -0.25) is 0 Å². The average Bonchev–Trinajstić information content (AvgIpc) is 2.25. The van der Waals surface area contributed by atoms with E-state index in [1.54, 1.807) is 5.56 Å². The Kier molecular flexibility index (Phi) is 4.76. The number of benzene rings is 1. The third kappa shape index (κ3) is 2.90. The van der Waals surface area contributed by atoms with Crippen molar-refractivity contribution in [2.45, 2.75) is 53.9 Å². The van der Waals surface area contributed by atoms with Crippen LogP contribution in [0.3, 0.4) is 0 Å². The Morgan fingerprint density at radius 2 is 1.47 bits per heavy atom. The zero-order valence-corrected chi connectivity index (χ0v) is 12.2. The zero-order valence-electron chi connectivity index (χ0n) is 12.2. The summed E-state index contributed by atoms with van der Waals surface area (Å²) < 4.78 is 0. The second-order valence-corrected chi connectivity index (χ2v) is 5.60. The minimum absolute atomic E-state index is 0.596. The van der Waals surface area contributed by atoms with Gasteiger partial charge in [-0.05, 0) is 80.3 Å². The fourth-order valence-corrected chi connectivity index (χ4v) is 2.79. The lowest BCUT2D eigenvalue weighted by Crippen LogP contribution is -2.16. The molecule has 1 unspecified atom stereocenters. The molecule has 2 N–H and O–H groups in total. The molecule has 0 amide bonds. The molecule has 96 valence electrons. The standard InChI is InChI=1S/C16H27N/c1-10(2)15(7-8-17)16-13(5)11(3)9-12(4)14(16)6/h9-10,15H,7-8,17H2,1-6H3. The van der Waals surface area contributed by atoms with Gasteiger partial charge in [0.1, 0.15) is 0 Å². The second kappa shape index (κ2) is 5.68. The Hall–Kier alpha value is -0.820. The van der Waals surface area contributed by atoms with Gasteiger partial charge in [0.15, 0.2) is 0 Å². The summed E-state index contributed by atoms with van der Waals surface area (Å²) in [5.41, 5.74) is 13.1. The van der Waals surface area contributed by atoms with Crippen LogP contribution in [0, 0.1) is 33.6 Å². The molecule has 0 fully saturated rings. The van der Waals surface area contributed by atoms with Crippen molar-refractivity contribution in [3.63, 3.8) is 0 Å². The molecular formula is C16H27N. The molecule has 0 aliphatic heterocycles. The Bertz CT molecular complexity index is 365. The first-order valence-corrected chi connectivity index (χ1v) is 6.67. The Morgan fingerprint density at radius 3 is 1.82 bits per heavy atom. The average molecular weight is 233 g/mol. The number of rotatable bonds is 4. The van der Waals surface area contributed by atoms with Gasteiger partial charge in [0, 0.05) is 0 Å². The zero-order chi connectivity index (χ0) is 13.2. The van der Waals surface area contributed by atoms with Gasteiger partial charge < -0.3 is 5.73 Å². The van der Waals surface area contributed by atoms with E-state index in [4.69, 9.17) is 5.73 Å². The molecule has 1 nitrogen and oxygen atoms in total. The van der Waals surface area contributed by atoms with Gasteiger partial charge in [-0.15, -0.1) is 0 Å². The number of aryl methyl sites for hydroxylation is 2. The molecule has 1 aromatic carbocycles. The van der Waals surface area contributed by atoms with Crippen LogP contribution in [0.2, 0.25) is 0 Å². The van der Waals surface area contributed by atoms with Gasteiger partial charge in [0.05, 0.1) is 0 Å². The molecule has 1 atom stereocenters. The minimum Gasteiger partial charge on any atom is -0.330 e. The molecule has 1 rings (SSSR count). The highest BCUT2D eigenvalue weighted by Crippen LogP contribution is 2.35. The van der Waals surface area contributed by atoms with E-state index in [0.29, 0.717) is 11.8 Å². The van der Waals surface area contributed by atoms with Crippen molar-refractivity contribution in [1.82, 2.24) is 0 Å². The summed E-state index contributed by atoms with van der Waals surface area (Å²) in [6, 6.07) is 2.30. The topological polar surface area (TPSA) is 26.0 Å². The number of nitrogens with two attached hydrogens (primary N) is 1. The van der Waals surface area contributed by atoms with Gasteiger partial charge in [-0.1, -0.05) is 19.9 Å². The van der Waals surface area contributed by atoms with Crippen LogP contribution >= 0.6 is 0 Å². The van der Waals surface area contributed by atoms with Crippen molar-refractivity contribution < 1.29 is 0 Å². The predicted molar refractivity (Wildman–Crippen MR) is 76.6 cm³/mol. The molecule has 0 aliphatic rings. The van der Waals surface area contributed by atoms with Crippen molar-refractivity contribution in [2.75, 3.05) is 6.54 Å². The molecule has 0 aromatic heterocycles. The van der Waals surface area contributed by atoms with Gasteiger partial charge in [0.25, 0.3) is 0 Å². The van der Waals surface area contributed by atoms with Gasteiger partial charge in [-0.2, -0.15) is 0 Å². The summed E-state index contributed by atoms with van der Waals surface area (Å²) in [5.74, 6) is 1.25. The molecular weight excluding hydrogens is 206 g/mol. The largest absolute Gasteiger partial charge is 0.330 e. The maximum Gasteiger partial charge on any atom is -0.00713 e. The third-order valence-corrected chi connectivity index (χ3v) is 4.08. The molecule has 0 radical (unpaired) electrons. The lowest BCUT2D eigenvalue weighted by molar-refractivity contribution is 0.469. The Morgan fingerprint density at radius 1 is 1.00 bits per heavy atom. The molecule has 0 spiro atoms. The van der Waals surface area contributed by atoms with Gasteiger partial charge in [0.2, 0.25) is 0 Å². The van der Waals surface area contributed by atoms with Crippen LogP contribution in [0.5, 0.6) is 0 Å². The highest BCUT2D eigenvalue weighted by molar-refractivity contribution is 5.46. The molecule has 0 saturated heterocycles. The molecule has 0 bridgehead atoms. The first-order chi connectivity index (χ1) is 7.90. The highest BCUT2D eigenvalue weighted by atomic mass is 14.5. The van der Waals surface area contributed by atoms with Crippen LogP contribution in [0.4, 0.5) is 0 Å². The molecule has 1 aromatic rings. The number of hydrogen-bond donors (Lipinski definition) is 1. The minimum atomic E-state index is 0.596. The van der Waals surface area contributed by atoms with Crippen LogP contribution in [-0.4, -0.2) is 6.54 Å². The molecule has 0 heterocycles. The normalized spacial score (nSPS) is 13.2. The summed E-state index contributed by atoms with van der Waals surface area (Å²) in [6.07, 6.45) is 1.09. The maximum absolute atomic E-state index is 5.78. The lowest BCUT2D eigenvalue weighted by atomic mass is 9.79. The van der Waals surface area contributed by atoms with E-state index in [1.165, 1.54) is 22.3 Å². The number of hydrogen-bond acceptors (Lipinski definition) is 1. The van der Waals surface area contributed by atoms with E-state index < -0.39 is 0 Å². The quantitative estimate of drug-likeness (QED) is 0.835. The van der Waals surface area contributed by atoms with Crippen molar-refractivity contribution >= 4 is 0 Å². The van der Waals surface area contributed by atoms with Crippen LogP contribution in [0.15, 0.2) is 6.07 Å². The highest BCUT2D eigenvalue weighted by Gasteiger charge is 2.20. The third-order valence-electron chi connectivity index (χ3n) is 4.08. The lowest BCUT2D eigenvalue weighted by Gasteiger charge is -2.27.